The van der Waals surface area contributed by atoms with E-state index in [0.29, 0.717) is 36.2 Å². The average Bonchev–Trinajstić information content (AvgIpc) is 3.84. The van der Waals surface area contributed by atoms with Crippen molar-refractivity contribution in [2.75, 3.05) is 18.4 Å². The van der Waals surface area contributed by atoms with E-state index < -0.39 is 25.1 Å². The van der Waals surface area contributed by atoms with Crippen LogP contribution < -0.4 is 16.0 Å². The molecule has 2 heterocycles. The number of halogens is 2. The first-order chi connectivity index (χ1) is 20.2. The van der Waals surface area contributed by atoms with Crippen molar-refractivity contribution in [2.45, 2.75) is 89.4 Å². The van der Waals surface area contributed by atoms with E-state index in [1.54, 1.807) is 21.8 Å². The number of alkyl halides is 2. The first-order valence-electron chi connectivity index (χ1n) is 15.3. The van der Waals surface area contributed by atoms with E-state index in [9.17, 15) is 23.2 Å². The number of carbonyl (C=O) groups excluding carboxylic acids is 3. The highest BCUT2D eigenvalue weighted by atomic mass is 19.3. The van der Waals surface area contributed by atoms with Crippen LogP contribution in [0.3, 0.4) is 0 Å². The molecule has 6 rings (SSSR count). The third-order valence-corrected chi connectivity index (χ3v) is 9.27. The summed E-state index contributed by atoms with van der Waals surface area (Å²) in [5.41, 5.74) is 3.22. The number of rotatable bonds is 12. The Balaban J connectivity index is 1.16. The van der Waals surface area contributed by atoms with Gasteiger partial charge in [-0.2, -0.15) is 5.10 Å². The maximum absolute atomic E-state index is 13.8. The number of aromatic nitrogens is 2. The molecular formula is C31H40F2N6O3. The summed E-state index contributed by atoms with van der Waals surface area (Å²) in [5, 5.41) is 13.2. The van der Waals surface area contributed by atoms with E-state index in [-0.39, 0.29) is 35.7 Å². The van der Waals surface area contributed by atoms with Gasteiger partial charge in [0.2, 0.25) is 11.8 Å². The van der Waals surface area contributed by atoms with E-state index in [0.717, 1.165) is 49.7 Å². The average molecular weight is 583 g/mol. The van der Waals surface area contributed by atoms with Gasteiger partial charge in [0.25, 0.3) is 12.3 Å². The van der Waals surface area contributed by atoms with E-state index in [1.807, 2.05) is 32.0 Å². The zero-order valence-corrected chi connectivity index (χ0v) is 24.2. The van der Waals surface area contributed by atoms with Crippen LogP contribution in [-0.4, -0.2) is 64.0 Å². The number of fused-ring (bicyclic) bond motifs is 1. The monoisotopic (exact) mass is 582 g/mol. The van der Waals surface area contributed by atoms with Crippen LogP contribution in [0.15, 0.2) is 30.5 Å². The first-order valence-corrected chi connectivity index (χ1v) is 15.3. The highest BCUT2D eigenvalue weighted by Crippen LogP contribution is 2.51. The summed E-state index contributed by atoms with van der Waals surface area (Å²) >= 11 is 0. The summed E-state index contributed by atoms with van der Waals surface area (Å²) in [6, 6.07) is 6.18. The van der Waals surface area contributed by atoms with Crippen molar-refractivity contribution in [1.29, 1.82) is 0 Å². The fourth-order valence-electron chi connectivity index (χ4n) is 7.00. The van der Waals surface area contributed by atoms with Crippen molar-refractivity contribution in [3.05, 3.63) is 47.3 Å². The van der Waals surface area contributed by atoms with Crippen LogP contribution in [0.4, 0.5) is 14.5 Å². The number of aryl methyl sites for hydroxylation is 1. The van der Waals surface area contributed by atoms with Crippen molar-refractivity contribution in [3.8, 4) is 0 Å². The lowest BCUT2D eigenvalue weighted by molar-refractivity contribution is -0.131. The molecule has 2 saturated carbocycles. The van der Waals surface area contributed by atoms with Gasteiger partial charge in [-0.25, -0.2) is 8.78 Å². The number of nitrogens with one attached hydrogen (secondary N) is 3. The number of nitrogens with zero attached hydrogens (tertiary/aromatic N) is 3. The third-order valence-electron chi connectivity index (χ3n) is 9.27. The van der Waals surface area contributed by atoms with Gasteiger partial charge in [-0.3, -0.25) is 19.1 Å². The number of carbonyl (C=O) groups is 3. The lowest BCUT2D eigenvalue weighted by atomic mass is 9.88. The number of hydrogen-bond donors (Lipinski definition) is 3. The predicted molar refractivity (Wildman–Crippen MR) is 153 cm³/mol. The molecule has 0 unspecified atom stereocenters. The predicted octanol–water partition coefficient (Wildman–Crippen LogP) is 4.08. The molecular weight excluding hydrogens is 542 g/mol. The van der Waals surface area contributed by atoms with Crippen LogP contribution in [0.2, 0.25) is 0 Å². The summed E-state index contributed by atoms with van der Waals surface area (Å²) < 4.78 is 27.0. The Morgan fingerprint density at radius 1 is 1.05 bits per heavy atom. The Bertz CT molecular complexity index is 1330. The van der Waals surface area contributed by atoms with Crippen molar-refractivity contribution < 1.29 is 23.2 Å². The molecule has 11 heteroatoms. The van der Waals surface area contributed by atoms with Gasteiger partial charge in [0, 0.05) is 24.5 Å². The minimum Gasteiger partial charge on any atom is -0.339 e. The molecule has 3 amide bonds. The molecule has 2 aromatic rings. The topological polar surface area (TPSA) is 108 Å². The highest BCUT2D eigenvalue weighted by molar-refractivity contribution is 6.01. The molecule has 42 heavy (non-hydrogen) atoms. The number of anilines is 1. The van der Waals surface area contributed by atoms with E-state index in [4.69, 9.17) is 0 Å². The van der Waals surface area contributed by atoms with Crippen LogP contribution >= 0.6 is 0 Å². The van der Waals surface area contributed by atoms with Crippen molar-refractivity contribution in [2.24, 2.45) is 17.8 Å². The molecule has 9 nitrogen and oxygen atoms in total. The molecule has 0 radical (unpaired) electrons. The molecule has 1 aromatic carbocycles. The maximum atomic E-state index is 13.8. The lowest BCUT2D eigenvalue weighted by Gasteiger charge is -2.28. The fraction of sp³-hybridized carbons (Fsp3) is 0.613. The molecule has 3 N–H and O–H groups in total. The highest BCUT2D eigenvalue weighted by Gasteiger charge is 2.48. The second-order valence-electron chi connectivity index (χ2n) is 12.6. The van der Waals surface area contributed by atoms with Gasteiger partial charge in [-0.15, -0.1) is 0 Å². The quantitative estimate of drug-likeness (QED) is 0.350. The van der Waals surface area contributed by atoms with Crippen LogP contribution in [0.1, 0.15) is 86.1 Å². The molecule has 1 aliphatic heterocycles. The molecule has 0 spiro atoms. The second-order valence-corrected chi connectivity index (χ2v) is 12.6. The summed E-state index contributed by atoms with van der Waals surface area (Å²) in [6.45, 7) is 3.97. The minimum atomic E-state index is -2.49. The van der Waals surface area contributed by atoms with Gasteiger partial charge in [-0.1, -0.05) is 6.07 Å². The van der Waals surface area contributed by atoms with Crippen molar-refractivity contribution in [3.63, 3.8) is 0 Å². The van der Waals surface area contributed by atoms with Gasteiger partial charge in [-0.05, 0) is 106 Å². The molecule has 0 bridgehead atoms. The molecule has 3 atom stereocenters. The number of amides is 3. The Morgan fingerprint density at radius 3 is 2.45 bits per heavy atom. The minimum absolute atomic E-state index is 0.0153. The molecule has 1 aromatic heterocycles. The van der Waals surface area contributed by atoms with Crippen molar-refractivity contribution >= 4 is 23.4 Å². The summed E-state index contributed by atoms with van der Waals surface area (Å²) in [7, 11) is 0. The van der Waals surface area contributed by atoms with Crippen molar-refractivity contribution in [1.82, 2.24) is 25.3 Å². The first kappa shape index (κ1) is 28.8. The summed E-state index contributed by atoms with van der Waals surface area (Å²) in [6.07, 6.45) is 5.47. The number of likely N-dealkylation sites (tertiary alicyclic amines) is 1. The Hall–Kier alpha value is -3.34. The van der Waals surface area contributed by atoms with E-state index >= 15 is 0 Å². The normalized spacial score (nSPS) is 22.7. The number of hydrogen-bond acceptors (Lipinski definition) is 5. The zero-order chi connectivity index (χ0) is 29.5. The maximum Gasteiger partial charge on any atom is 0.270 e. The van der Waals surface area contributed by atoms with Crippen LogP contribution in [0, 0.1) is 17.8 Å². The molecule has 3 fully saturated rings. The summed E-state index contributed by atoms with van der Waals surface area (Å²) in [4.78, 5) is 42.0. The van der Waals surface area contributed by atoms with Gasteiger partial charge in [0.05, 0.1) is 18.6 Å². The largest absolute Gasteiger partial charge is 0.339 e. The number of benzene rings is 1. The van der Waals surface area contributed by atoms with E-state index in [2.05, 4.69) is 21.0 Å². The Labute approximate surface area is 244 Å². The standard InChI is InChI=1S/C31H40F2N6O3/c1-17(2)39-25(11-13-35-39)29(40)37-28(27(18-3-4-18)19-5-6-19)30(41)36-21-8-9-22-20(15-21)7-10-24(22)38-14-12-23(31(38)42)34-16-26(32)33/h8-9,11,13,15,17-19,23-24,26-28,34H,3-7,10,12,14,16H2,1-2H3,(H,36,41)(H,37,40)/t23-,24+,28-/m0/s1. The van der Waals surface area contributed by atoms with E-state index in [1.165, 1.54) is 0 Å². The molecule has 1 saturated heterocycles. The third kappa shape index (κ3) is 5.93. The fourth-order valence-corrected chi connectivity index (χ4v) is 7.00. The lowest BCUT2D eigenvalue weighted by Crippen LogP contribution is -2.50. The van der Waals surface area contributed by atoms with Crippen LogP contribution in [0.25, 0.3) is 0 Å². The summed E-state index contributed by atoms with van der Waals surface area (Å²) in [5.74, 6) is 0.370. The smallest absolute Gasteiger partial charge is 0.270 e. The Kier molecular flexibility index (Phi) is 8.04. The van der Waals surface area contributed by atoms with Crippen LogP contribution in [-0.2, 0) is 16.0 Å². The molecule has 226 valence electrons. The molecule has 3 aliphatic carbocycles. The van der Waals surface area contributed by atoms with Gasteiger partial charge in [0.15, 0.2) is 0 Å². The second kappa shape index (κ2) is 11.7. The molecule has 4 aliphatic rings. The zero-order valence-electron chi connectivity index (χ0n) is 24.2. The van der Waals surface area contributed by atoms with Gasteiger partial charge < -0.3 is 20.9 Å². The van der Waals surface area contributed by atoms with Gasteiger partial charge >= 0.3 is 0 Å². The van der Waals surface area contributed by atoms with Gasteiger partial charge in [0.1, 0.15) is 11.7 Å². The Morgan fingerprint density at radius 2 is 1.79 bits per heavy atom. The van der Waals surface area contributed by atoms with Crippen LogP contribution in [0.5, 0.6) is 0 Å². The SMILES string of the molecule is CC(C)n1nccc1C(=O)N[C@H](C(=O)Nc1ccc2c(c1)CC[C@H]2N1CC[C@H](NCC(F)F)C1=O)C(C1CC1)C1CC1.